The van der Waals surface area contributed by atoms with Gasteiger partial charge in [0.2, 0.25) is 0 Å². The Bertz CT molecular complexity index is 453. The Morgan fingerprint density at radius 2 is 1.90 bits per heavy atom. The first kappa shape index (κ1) is 15.6. The molecule has 0 aliphatic heterocycles. The van der Waals surface area contributed by atoms with Crippen LogP contribution in [-0.4, -0.2) is 37.8 Å². The van der Waals surface area contributed by atoms with Crippen LogP contribution in [0.25, 0.3) is 0 Å². The maximum Gasteiger partial charge on any atom is 0.315 e. The van der Waals surface area contributed by atoms with E-state index in [1.807, 2.05) is 43.3 Å². The minimum atomic E-state index is -0.685. The van der Waals surface area contributed by atoms with Crippen LogP contribution in [0.3, 0.4) is 0 Å². The van der Waals surface area contributed by atoms with Gasteiger partial charge in [-0.3, -0.25) is 0 Å². The van der Waals surface area contributed by atoms with E-state index in [-0.39, 0.29) is 12.6 Å². The van der Waals surface area contributed by atoms with Crippen LogP contribution in [0.1, 0.15) is 37.4 Å². The normalized spacial score (nSPS) is 16.5. The van der Waals surface area contributed by atoms with Crippen LogP contribution < -0.4 is 15.5 Å². The summed E-state index contributed by atoms with van der Waals surface area (Å²) in [6, 6.07) is 7.79. The van der Waals surface area contributed by atoms with Gasteiger partial charge in [-0.15, -0.1) is 0 Å². The van der Waals surface area contributed by atoms with E-state index >= 15 is 0 Å². The summed E-state index contributed by atoms with van der Waals surface area (Å²) in [4.78, 5) is 13.7. The van der Waals surface area contributed by atoms with Gasteiger partial charge in [0.05, 0.1) is 6.10 Å². The third-order valence-corrected chi connectivity index (χ3v) is 3.94. The van der Waals surface area contributed by atoms with E-state index in [9.17, 15) is 9.90 Å². The lowest BCUT2D eigenvalue weighted by Crippen LogP contribution is -2.42. The Morgan fingerprint density at radius 3 is 2.48 bits per heavy atom. The molecule has 0 radical (unpaired) electrons. The van der Waals surface area contributed by atoms with Crippen molar-refractivity contribution in [3.63, 3.8) is 0 Å². The molecule has 1 saturated carbocycles. The number of hydrogen-bond acceptors (Lipinski definition) is 3. The van der Waals surface area contributed by atoms with E-state index in [0.29, 0.717) is 6.04 Å². The van der Waals surface area contributed by atoms with Gasteiger partial charge in [-0.2, -0.15) is 0 Å². The summed E-state index contributed by atoms with van der Waals surface area (Å²) in [5.74, 6) is 0. The Morgan fingerprint density at radius 1 is 1.29 bits per heavy atom. The lowest BCUT2D eigenvalue weighted by atomic mass is 10.1. The second-order valence-electron chi connectivity index (χ2n) is 5.84. The van der Waals surface area contributed by atoms with Crippen LogP contribution >= 0.6 is 0 Å². The number of anilines is 1. The van der Waals surface area contributed by atoms with Crippen LogP contribution in [0.5, 0.6) is 0 Å². The number of nitrogens with one attached hydrogen (secondary N) is 2. The standard InChI is InChI=1S/C16H25N3O2/c1-19(2)14-9-7-12(8-10-14)15(20)11-17-16(21)18-13-5-3-4-6-13/h7-10,13,15,20H,3-6,11H2,1-2H3,(H2,17,18,21)/t15-/m1/s1. The fourth-order valence-corrected chi connectivity index (χ4v) is 2.61. The molecule has 1 atom stereocenters. The third kappa shape index (κ3) is 4.63. The average Bonchev–Trinajstić information content (AvgIpc) is 2.97. The van der Waals surface area contributed by atoms with Crippen LogP contribution in [0, 0.1) is 0 Å². The molecule has 0 spiro atoms. The third-order valence-electron chi connectivity index (χ3n) is 3.94. The Hall–Kier alpha value is -1.75. The summed E-state index contributed by atoms with van der Waals surface area (Å²) in [7, 11) is 3.95. The molecule has 1 aliphatic rings. The van der Waals surface area contributed by atoms with Gasteiger partial charge in [-0.25, -0.2) is 4.79 Å². The number of aliphatic hydroxyl groups excluding tert-OH is 1. The van der Waals surface area contributed by atoms with Crippen molar-refractivity contribution in [2.24, 2.45) is 0 Å². The molecule has 0 saturated heterocycles. The predicted molar refractivity (Wildman–Crippen MR) is 84.5 cm³/mol. The molecule has 1 aliphatic carbocycles. The van der Waals surface area contributed by atoms with E-state index in [4.69, 9.17) is 0 Å². The van der Waals surface area contributed by atoms with Gasteiger partial charge in [0, 0.05) is 32.4 Å². The van der Waals surface area contributed by atoms with Gasteiger partial charge in [-0.1, -0.05) is 25.0 Å². The van der Waals surface area contributed by atoms with Gasteiger partial charge in [0.15, 0.2) is 0 Å². The second-order valence-corrected chi connectivity index (χ2v) is 5.84. The second kappa shape index (κ2) is 7.31. The van der Waals surface area contributed by atoms with Crippen molar-refractivity contribution in [1.82, 2.24) is 10.6 Å². The van der Waals surface area contributed by atoms with Gasteiger partial charge < -0.3 is 20.6 Å². The van der Waals surface area contributed by atoms with E-state index in [1.54, 1.807) is 0 Å². The van der Waals surface area contributed by atoms with Gasteiger partial charge >= 0.3 is 6.03 Å². The van der Waals surface area contributed by atoms with Crippen LogP contribution in [0.15, 0.2) is 24.3 Å². The van der Waals surface area contributed by atoms with Crippen LogP contribution in [0.2, 0.25) is 0 Å². The van der Waals surface area contributed by atoms with Crippen molar-refractivity contribution in [3.8, 4) is 0 Å². The molecule has 21 heavy (non-hydrogen) atoms. The summed E-state index contributed by atoms with van der Waals surface area (Å²) in [6.45, 7) is 0.222. The summed E-state index contributed by atoms with van der Waals surface area (Å²) in [6.07, 6.45) is 3.80. The number of rotatable bonds is 5. The number of urea groups is 1. The van der Waals surface area contributed by atoms with Crippen LogP contribution in [0.4, 0.5) is 10.5 Å². The molecule has 0 bridgehead atoms. The zero-order valence-corrected chi connectivity index (χ0v) is 12.8. The molecule has 3 N–H and O–H groups in total. The van der Waals surface area contributed by atoms with Crippen molar-refractivity contribution in [2.75, 3.05) is 25.5 Å². The summed E-state index contributed by atoms with van der Waals surface area (Å²) in [5, 5.41) is 15.8. The van der Waals surface area contributed by atoms with Gasteiger partial charge in [-0.05, 0) is 30.5 Å². The lowest BCUT2D eigenvalue weighted by Gasteiger charge is -2.17. The first-order chi connectivity index (χ1) is 10.1. The monoisotopic (exact) mass is 291 g/mol. The quantitative estimate of drug-likeness (QED) is 0.778. The van der Waals surface area contributed by atoms with Crippen molar-refractivity contribution in [2.45, 2.75) is 37.8 Å². The fraction of sp³-hybridized carbons (Fsp3) is 0.562. The van der Waals surface area contributed by atoms with Crippen molar-refractivity contribution >= 4 is 11.7 Å². The molecule has 0 heterocycles. The predicted octanol–water partition coefficient (Wildman–Crippen LogP) is 2.03. The minimum Gasteiger partial charge on any atom is -0.387 e. The minimum absolute atomic E-state index is 0.189. The molecule has 0 aromatic heterocycles. The van der Waals surface area contributed by atoms with Gasteiger partial charge in [0.25, 0.3) is 0 Å². The number of hydrogen-bond donors (Lipinski definition) is 3. The number of aliphatic hydroxyl groups is 1. The molecule has 2 amide bonds. The first-order valence-corrected chi connectivity index (χ1v) is 7.56. The number of carbonyl (C=O) groups is 1. The first-order valence-electron chi connectivity index (χ1n) is 7.56. The molecule has 1 fully saturated rings. The molecule has 5 heteroatoms. The lowest BCUT2D eigenvalue weighted by molar-refractivity contribution is 0.172. The molecule has 0 unspecified atom stereocenters. The largest absolute Gasteiger partial charge is 0.387 e. The Labute approximate surface area is 126 Å². The number of amides is 2. The molecular formula is C16H25N3O2. The maximum absolute atomic E-state index is 11.7. The summed E-state index contributed by atoms with van der Waals surface area (Å²) >= 11 is 0. The zero-order chi connectivity index (χ0) is 15.2. The molecule has 5 nitrogen and oxygen atoms in total. The highest BCUT2D eigenvalue weighted by molar-refractivity contribution is 5.74. The van der Waals surface area contributed by atoms with Crippen molar-refractivity contribution in [3.05, 3.63) is 29.8 Å². The number of nitrogens with zero attached hydrogens (tertiary/aromatic N) is 1. The molecular weight excluding hydrogens is 266 g/mol. The summed E-state index contributed by atoms with van der Waals surface area (Å²) in [5.41, 5.74) is 1.89. The Balaban J connectivity index is 1.77. The van der Waals surface area contributed by atoms with E-state index in [0.717, 1.165) is 24.1 Å². The number of benzene rings is 1. The maximum atomic E-state index is 11.7. The van der Waals surface area contributed by atoms with E-state index in [1.165, 1.54) is 12.8 Å². The van der Waals surface area contributed by atoms with E-state index < -0.39 is 6.10 Å². The Kier molecular flexibility index (Phi) is 5.44. The highest BCUT2D eigenvalue weighted by atomic mass is 16.3. The molecule has 2 rings (SSSR count). The van der Waals surface area contributed by atoms with E-state index in [2.05, 4.69) is 10.6 Å². The average molecular weight is 291 g/mol. The van der Waals surface area contributed by atoms with Gasteiger partial charge in [0.1, 0.15) is 0 Å². The van der Waals surface area contributed by atoms with Crippen molar-refractivity contribution < 1.29 is 9.90 Å². The molecule has 1 aromatic rings. The topological polar surface area (TPSA) is 64.6 Å². The highest BCUT2D eigenvalue weighted by Gasteiger charge is 2.17. The van der Waals surface area contributed by atoms with Crippen molar-refractivity contribution in [1.29, 1.82) is 0 Å². The molecule has 116 valence electrons. The smallest absolute Gasteiger partial charge is 0.315 e. The summed E-state index contributed by atoms with van der Waals surface area (Å²) < 4.78 is 0. The highest BCUT2D eigenvalue weighted by Crippen LogP contribution is 2.18. The molecule has 1 aromatic carbocycles. The van der Waals surface area contributed by atoms with Crippen LogP contribution in [-0.2, 0) is 0 Å². The fourth-order valence-electron chi connectivity index (χ4n) is 2.61. The SMILES string of the molecule is CN(C)c1ccc([C@H](O)CNC(=O)NC2CCCC2)cc1. The zero-order valence-electron chi connectivity index (χ0n) is 12.8. The number of carbonyl (C=O) groups excluding carboxylic acids is 1.